The lowest BCUT2D eigenvalue weighted by Gasteiger charge is -2.11. The van der Waals surface area contributed by atoms with Crippen LogP contribution in [0.4, 0.5) is 0 Å². The molecular formula is C17H28N2O. The molecule has 0 aliphatic carbocycles. The van der Waals surface area contributed by atoms with Crippen molar-refractivity contribution in [3.63, 3.8) is 0 Å². The number of amides is 1. The predicted octanol–water partition coefficient (Wildman–Crippen LogP) is 2.71. The van der Waals surface area contributed by atoms with Crippen LogP contribution in [0.2, 0.25) is 0 Å². The van der Waals surface area contributed by atoms with Crippen molar-refractivity contribution in [3.05, 3.63) is 35.4 Å². The zero-order chi connectivity index (χ0) is 15.0. The molecule has 20 heavy (non-hydrogen) atoms. The standard InChI is InChI=1S/C17H28N2O/c1-13(2)16-9-7-15(8-10-16)6-5-11-19-17(20)14(3)12-18-4/h7-10,13-14,18H,5-6,11-12H2,1-4H3,(H,19,20). The molecule has 0 fully saturated rings. The highest BCUT2D eigenvalue weighted by atomic mass is 16.1. The first-order valence-electron chi connectivity index (χ1n) is 7.55. The molecule has 1 rings (SSSR count). The summed E-state index contributed by atoms with van der Waals surface area (Å²) in [7, 11) is 1.87. The maximum atomic E-state index is 11.7. The van der Waals surface area contributed by atoms with Gasteiger partial charge in [0.15, 0.2) is 0 Å². The highest BCUT2D eigenvalue weighted by Crippen LogP contribution is 2.15. The second kappa shape index (κ2) is 8.75. The van der Waals surface area contributed by atoms with E-state index in [1.165, 1.54) is 11.1 Å². The number of carbonyl (C=O) groups is 1. The van der Waals surface area contributed by atoms with Crippen molar-refractivity contribution in [1.29, 1.82) is 0 Å². The van der Waals surface area contributed by atoms with Crippen LogP contribution < -0.4 is 10.6 Å². The van der Waals surface area contributed by atoms with Crippen molar-refractivity contribution in [2.75, 3.05) is 20.1 Å². The van der Waals surface area contributed by atoms with Crippen molar-refractivity contribution in [3.8, 4) is 0 Å². The van der Waals surface area contributed by atoms with Crippen LogP contribution in [-0.4, -0.2) is 26.0 Å². The molecule has 1 aromatic carbocycles. The van der Waals surface area contributed by atoms with Crippen LogP contribution >= 0.6 is 0 Å². The van der Waals surface area contributed by atoms with Crippen LogP contribution in [0.1, 0.15) is 44.2 Å². The van der Waals surface area contributed by atoms with Crippen molar-refractivity contribution < 1.29 is 4.79 Å². The molecule has 0 aliphatic rings. The normalized spacial score (nSPS) is 12.4. The molecule has 0 bridgehead atoms. The Morgan fingerprint density at radius 2 is 1.80 bits per heavy atom. The molecule has 3 heteroatoms. The summed E-state index contributed by atoms with van der Waals surface area (Å²) in [5.74, 6) is 0.747. The summed E-state index contributed by atoms with van der Waals surface area (Å²) in [5.41, 5.74) is 2.72. The Morgan fingerprint density at radius 3 is 2.35 bits per heavy atom. The molecule has 3 nitrogen and oxygen atoms in total. The predicted molar refractivity (Wildman–Crippen MR) is 85.0 cm³/mol. The molecule has 0 heterocycles. The van der Waals surface area contributed by atoms with Crippen LogP contribution in [-0.2, 0) is 11.2 Å². The minimum absolute atomic E-state index is 0.0327. The Labute approximate surface area is 123 Å². The number of benzene rings is 1. The van der Waals surface area contributed by atoms with Gasteiger partial charge in [-0.2, -0.15) is 0 Å². The molecule has 0 saturated heterocycles. The smallest absolute Gasteiger partial charge is 0.224 e. The van der Waals surface area contributed by atoms with Crippen LogP contribution in [0.5, 0.6) is 0 Å². The number of aryl methyl sites for hydroxylation is 1. The average Bonchev–Trinajstić information content (AvgIpc) is 2.44. The Balaban J connectivity index is 2.25. The zero-order valence-corrected chi connectivity index (χ0v) is 13.2. The molecule has 0 radical (unpaired) electrons. The fraction of sp³-hybridized carbons (Fsp3) is 0.588. The summed E-state index contributed by atoms with van der Waals surface area (Å²) in [6.07, 6.45) is 2.00. The largest absolute Gasteiger partial charge is 0.356 e. The van der Waals surface area contributed by atoms with E-state index < -0.39 is 0 Å². The van der Waals surface area contributed by atoms with E-state index >= 15 is 0 Å². The maximum Gasteiger partial charge on any atom is 0.224 e. The Hall–Kier alpha value is -1.35. The first kappa shape index (κ1) is 16.7. The Kier molecular flexibility index (Phi) is 7.31. The number of nitrogens with one attached hydrogen (secondary N) is 2. The summed E-state index contributed by atoms with van der Waals surface area (Å²) in [4.78, 5) is 11.7. The van der Waals surface area contributed by atoms with Crippen molar-refractivity contribution in [1.82, 2.24) is 10.6 Å². The molecule has 0 aromatic heterocycles. The highest BCUT2D eigenvalue weighted by Gasteiger charge is 2.10. The van der Waals surface area contributed by atoms with Crippen molar-refractivity contribution in [2.24, 2.45) is 5.92 Å². The van der Waals surface area contributed by atoms with E-state index in [4.69, 9.17) is 0 Å². The van der Waals surface area contributed by atoms with Gasteiger partial charge in [0.2, 0.25) is 5.91 Å². The lowest BCUT2D eigenvalue weighted by atomic mass is 10.0. The van der Waals surface area contributed by atoms with E-state index in [9.17, 15) is 4.79 Å². The molecule has 112 valence electrons. The van der Waals surface area contributed by atoms with Gasteiger partial charge >= 0.3 is 0 Å². The van der Waals surface area contributed by atoms with Gasteiger partial charge < -0.3 is 10.6 Å². The molecule has 1 atom stereocenters. The summed E-state index contributed by atoms with van der Waals surface area (Å²) in [6, 6.07) is 8.79. The summed E-state index contributed by atoms with van der Waals surface area (Å²) in [6.45, 7) is 7.82. The summed E-state index contributed by atoms with van der Waals surface area (Å²) in [5, 5.41) is 6.01. The third kappa shape index (κ3) is 5.74. The Morgan fingerprint density at radius 1 is 1.15 bits per heavy atom. The third-order valence-corrected chi connectivity index (χ3v) is 3.55. The molecule has 1 aromatic rings. The summed E-state index contributed by atoms with van der Waals surface area (Å²) < 4.78 is 0. The van der Waals surface area contributed by atoms with Gasteiger partial charge in [0.1, 0.15) is 0 Å². The monoisotopic (exact) mass is 276 g/mol. The average molecular weight is 276 g/mol. The fourth-order valence-electron chi connectivity index (χ4n) is 2.15. The second-order valence-corrected chi connectivity index (χ2v) is 5.75. The number of hydrogen-bond donors (Lipinski definition) is 2. The number of hydrogen-bond acceptors (Lipinski definition) is 2. The van der Waals surface area contributed by atoms with Crippen molar-refractivity contribution >= 4 is 5.91 Å². The van der Waals surface area contributed by atoms with Gasteiger partial charge in [0.25, 0.3) is 0 Å². The van der Waals surface area contributed by atoms with Gasteiger partial charge in [-0.1, -0.05) is 45.0 Å². The molecule has 0 saturated carbocycles. The zero-order valence-electron chi connectivity index (χ0n) is 13.2. The van der Waals surface area contributed by atoms with Gasteiger partial charge in [-0.05, 0) is 36.9 Å². The molecular weight excluding hydrogens is 248 g/mol. The first-order chi connectivity index (χ1) is 9.54. The van der Waals surface area contributed by atoms with E-state index in [0.29, 0.717) is 5.92 Å². The maximum absolute atomic E-state index is 11.7. The van der Waals surface area contributed by atoms with Crippen molar-refractivity contribution in [2.45, 2.75) is 39.5 Å². The van der Waals surface area contributed by atoms with Gasteiger partial charge in [-0.25, -0.2) is 0 Å². The van der Waals surface area contributed by atoms with Gasteiger partial charge in [0.05, 0.1) is 0 Å². The molecule has 1 amide bonds. The van der Waals surface area contributed by atoms with Gasteiger partial charge in [-0.3, -0.25) is 4.79 Å². The molecule has 0 spiro atoms. The van der Waals surface area contributed by atoms with E-state index in [2.05, 4.69) is 48.7 Å². The van der Waals surface area contributed by atoms with Crippen LogP contribution in [0.15, 0.2) is 24.3 Å². The van der Waals surface area contributed by atoms with Gasteiger partial charge in [0, 0.05) is 19.0 Å². The number of rotatable bonds is 8. The van der Waals surface area contributed by atoms with Gasteiger partial charge in [-0.15, -0.1) is 0 Å². The quantitative estimate of drug-likeness (QED) is 0.717. The second-order valence-electron chi connectivity index (χ2n) is 5.75. The fourth-order valence-corrected chi connectivity index (χ4v) is 2.15. The van der Waals surface area contributed by atoms with Crippen LogP contribution in [0, 0.1) is 5.92 Å². The molecule has 0 aliphatic heterocycles. The first-order valence-corrected chi connectivity index (χ1v) is 7.55. The lowest BCUT2D eigenvalue weighted by Crippen LogP contribution is -2.34. The van der Waals surface area contributed by atoms with E-state index in [0.717, 1.165) is 25.9 Å². The SMILES string of the molecule is CNCC(C)C(=O)NCCCc1ccc(C(C)C)cc1. The van der Waals surface area contributed by atoms with E-state index in [-0.39, 0.29) is 11.8 Å². The van der Waals surface area contributed by atoms with E-state index in [1.807, 2.05) is 14.0 Å². The molecule has 2 N–H and O–H groups in total. The topological polar surface area (TPSA) is 41.1 Å². The minimum atomic E-state index is 0.0327. The highest BCUT2D eigenvalue weighted by molar-refractivity contribution is 5.78. The molecule has 1 unspecified atom stereocenters. The summed E-state index contributed by atoms with van der Waals surface area (Å²) >= 11 is 0. The number of carbonyl (C=O) groups excluding carboxylic acids is 1. The van der Waals surface area contributed by atoms with Crippen LogP contribution in [0.3, 0.4) is 0 Å². The third-order valence-electron chi connectivity index (χ3n) is 3.55. The minimum Gasteiger partial charge on any atom is -0.356 e. The van der Waals surface area contributed by atoms with Crippen LogP contribution in [0.25, 0.3) is 0 Å². The lowest BCUT2D eigenvalue weighted by molar-refractivity contribution is -0.124. The Bertz CT molecular complexity index is 398. The van der Waals surface area contributed by atoms with E-state index in [1.54, 1.807) is 0 Å².